The number of nitrogen functional groups attached to an aromatic ring is 1. The van der Waals surface area contributed by atoms with Gasteiger partial charge in [0.25, 0.3) is 0 Å². The van der Waals surface area contributed by atoms with Crippen molar-refractivity contribution in [3.8, 4) is 5.69 Å². The van der Waals surface area contributed by atoms with Gasteiger partial charge in [-0.05, 0) is 56.7 Å². The number of nitrogens with one attached hydrogen (secondary N) is 1. The molecular formula is C10H8BrIN4. The van der Waals surface area contributed by atoms with Crippen LogP contribution in [-0.4, -0.2) is 15.6 Å². The second-order valence-electron chi connectivity index (χ2n) is 3.18. The van der Waals surface area contributed by atoms with E-state index in [2.05, 4.69) is 43.6 Å². The van der Waals surface area contributed by atoms with Gasteiger partial charge in [0, 0.05) is 16.2 Å². The SMILES string of the molecule is N=C(N)c1ccc(-n2cc(I)cn2)c(Br)c1. The third-order valence-corrected chi connectivity index (χ3v) is 3.25. The van der Waals surface area contributed by atoms with Gasteiger partial charge < -0.3 is 5.73 Å². The summed E-state index contributed by atoms with van der Waals surface area (Å²) in [4.78, 5) is 0. The maximum atomic E-state index is 7.34. The van der Waals surface area contributed by atoms with E-state index in [-0.39, 0.29) is 5.84 Å². The largest absolute Gasteiger partial charge is 0.384 e. The van der Waals surface area contributed by atoms with Crippen LogP contribution in [0.5, 0.6) is 0 Å². The van der Waals surface area contributed by atoms with Crippen molar-refractivity contribution in [1.82, 2.24) is 9.78 Å². The van der Waals surface area contributed by atoms with Crippen molar-refractivity contribution in [1.29, 1.82) is 5.41 Å². The van der Waals surface area contributed by atoms with E-state index in [1.54, 1.807) is 16.9 Å². The lowest BCUT2D eigenvalue weighted by atomic mass is 10.2. The molecule has 0 fully saturated rings. The summed E-state index contributed by atoms with van der Waals surface area (Å²) in [5.74, 6) is 0.0577. The molecule has 0 saturated carbocycles. The van der Waals surface area contributed by atoms with Crippen LogP contribution < -0.4 is 5.73 Å². The highest BCUT2D eigenvalue weighted by Gasteiger charge is 2.06. The van der Waals surface area contributed by atoms with Gasteiger partial charge in [-0.2, -0.15) is 5.10 Å². The van der Waals surface area contributed by atoms with Crippen LogP contribution in [0.15, 0.2) is 35.1 Å². The average molecular weight is 391 g/mol. The number of hydrogen-bond acceptors (Lipinski definition) is 2. The van der Waals surface area contributed by atoms with Crippen molar-refractivity contribution in [3.05, 3.63) is 44.2 Å². The number of amidine groups is 1. The van der Waals surface area contributed by atoms with Crippen molar-refractivity contribution in [2.24, 2.45) is 5.73 Å². The zero-order chi connectivity index (χ0) is 11.7. The van der Waals surface area contributed by atoms with E-state index in [4.69, 9.17) is 11.1 Å². The predicted octanol–water partition coefficient (Wildman–Crippen LogP) is 2.52. The Morgan fingerprint density at radius 2 is 2.25 bits per heavy atom. The second kappa shape index (κ2) is 4.54. The van der Waals surface area contributed by atoms with Gasteiger partial charge in [-0.3, -0.25) is 5.41 Å². The quantitative estimate of drug-likeness (QED) is 0.470. The summed E-state index contributed by atoms with van der Waals surface area (Å²) in [5, 5.41) is 11.6. The topological polar surface area (TPSA) is 67.7 Å². The molecule has 2 rings (SSSR count). The lowest BCUT2D eigenvalue weighted by Crippen LogP contribution is -2.11. The smallest absolute Gasteiger partial charge is 0.122 e. The predicted molar refractivity (Wildman–Crippen MR) is 75.0 cm³/mol. The molecule has 6 heteroatoms. The zero-order valence-electron chi connectivity index (χ0n) is 8.11. The number of nitrogens with zero attached hydrogens (tertiary/aromatic N) is 2. The highest BCUT2D eigenvalue weighted by molar-refractivity contribution is 14.1. The summed E-state index contributed by atoms with van der Waals surface area (Å²) in [5.41, 5.74) is 7.03. The number of benzene rings is 1. The Kier molecular flexibility index (Phi) is 3.29. The Labute approximate surface area is 115 Å². The van der Waals surface area contributed by atoms with Gasteiger partial charge in [0.05, 0.1) is 15.5 Å². The molecule has 0 saturated heterocycles. The molecule has 2 aromatic rings. The van der Waals surface area contributed by atoms with Crippen LogP contribution >= 0.6 is 38.5 Å². The maximum Gasteiger partial charge on any atom is 0.122 e. The summed E-state index contributed by atoms with van der Waals surface area (Å²) >= 11 is 5.65. The highest BCUT2D eigenvalue weighted by Crippen LogP contribution is 2.22. The number of hydrogen-bond donors (Lipinski definition) is 2. The van der Waals surface area contributed by atoms with E-state index in [9.17, 15) is 0 Å². The van der Waals surface area contributed by atoms with Crippen LogP contribution in [0.2, 0.25) is 0 Å². The molecule has 0 amide bonds. The third kappa shape index (κ3) is 2.27. The first-order chi connectivity index (χ1) is 7.58. The van der Waals surface area contributed by atoms with Gasteiger partial charge in [-0.15, -0.1) is 0 Å². The fourth-order valence-corrected chi connectivity index (χ4v) is 2.24. The van der Waals surface area contributed by atoms with Crippen LogP contribution in [0.4, 0.5) is 0 Å². The molecule has 0 aliphatic carbocycles. The minimum absolute atomic E-state index is 0.0577. The summed E-state index contributed by atoms with van der Waals surface area (Å²) < 4.78 is 3.70. The monoisotopic (exact) mass is 390 g/mol. The zero-order valence-corrected chi connectivity index (χ0v) is 11.9. The number of rotatable bonds is 2. The summed E-state index contributed by atoms with van der Waals surface area (Å²) in [6, 6.07) is 5.49. The minimum atomic E-state index is 0.0577. The minimum Gasteiger partial charge on any atom is -0.384 e. The van der Waals surface area contributed by atoms with Gasteiger partial charge in [0.2, 0.25) is 0 Å². The van der Waals surface area contributed by atoms with Crippen LogP contribution in [0, 0.1) is 8.98 Å². The maximum absolute atomic E-state index is 7.34. The molecule has 0 bridgehead atoms. The van der Waals surface area contributed by atoms with E-state index in [1.165, 1.54) is 0 Å². The molecule has 82 valence electrons. The molecular weight excluding hydrogens is 383 g/mol. The molecule has 1 aromatic heterocycles. The molecule has 3 N–H and O–H groups in total. The van der Waals surface area contributed by atoms with Crippen molar-refractivity contribution < 1.29 is 0 Å². The fraction of sp³-hybridized carbons (Fsp3) is 0. The van der Waals surface area contributed by atoms with Crippen molar-refractivity contribution >= 4 is 44.4 Å². The fourth-order valence-electron chi connectivity index (χ4n) is 1.29. The summed E-state index contributed by atoms with van der Waals surface area (Å²) in [6.07, 6.45) is 3.71. The molecule has 1 heterocycles. The van der Waals surface area contributed by atoms with Crippen molar-refractivity contribution in [3.63, 3.8) is 0 Å². The first-order valence-electron chi connectivity index (χ1n) is 4.42. The van der Waals surface area contributed by atoms with Gasteiger partial charge in [0.15, 0.2) is 0 Å². The standard InChI is InChI=1S/C10H8BrIN4/c11-8-3-6(10(13)14)1-2-9(8)16-5-7(12)4-15-16/h1-5H,(H3,13,14). The lowest BCUT2D eigenvalue weighted by molar-refractivity contribution is 0.876. The van der Waals surface area contributed by atoms with Crippen molar-refractivity contribution in [2.45, 2.75) is 0 Å². The van der Waals surface area contributed by atoms with E-state index in [0.29, 0.717) is 5.56 Å². The lowest BCUT2D eigenvalue weighted by Gasteiger charge is -2.06. The first-order valence-corrected chi connectivity index (χ1v) is 6.29. The van der Waals surface area contributed by atoms with Crippen LogP contribution in [0.1, 0.15) is 5.56 Å². The van der Waals surface area contributed by atoms with Gasteiger partial charge in [-0.1, -0.05) is 0 Å². The molecule has 0 radical (unpaired) electrons. The van der Waals surface area contributed by atoms with Gasteiger partial charge in [0.1, 0.15) is 5.84 Å². The molecule has 0 spiro atoms. The molecule has 16 heavy (non-hydrogen) atoms. The Hall–Kier alpha value is -0.890. The third-order valence-electron chi connectivity index (χ3n) is 2.06. The molecule has 0 aliphatic rings. The molecule has 4 nitrogen and oxygen atoms in total. The van der Waals surface area contributed by atoms with E-state index >= 15 is 0 Å². The average Bonchev–Trinajstić information content (AvgIpc) is 2.64. The number of aromatic nitrogens is 2. The summed E-state index contributed by atoms with van der Waals surface area (Å²) in [7, 11) is 0. The highest BCUT2D eigenvalue weighted by atomic mass is 127. The van der Waals surface area contributed by atoms with E-state index < -0.39 is 0 Å². The van der Waals surface area contributed by atoms with Crippen LogP contribution in [-0.2, 0) is 0 Å². The Morgan fingerprint density at radius 1 is 1.50 bits per heavy atom. The van der Waals surface area contributed by atoms with E-state index in [0.717, 1.165) is 13.7 Å². The molecule has 1 aromatic carbocycles. The molecule has 0 unspecified atom stereocenters. The van der Waals surface area contributed by atoms with Gasteiger partial charge >= 0.3 is 0 Å². The van der Waals surface area contributed by atoms with Gasteiger partial charge in [-0.25, -0.2) is 4.68 Å². The van der Waals surface area contributed by atoms with Crippen LogP contribution in [0.3, 0.4) is 0 Å². The Bertz CT molecular complexity index is 550. The Balaban J connectivity index is 2.47. The Morgan fingerprint density at radius 3 is 2.75 bits per heavy atom. The number of nitrogens with two attached hydrogens (primary N) is 1. The first kappa shape index (κ1) is 11.6. The van der Waals surface area contributed by atoms with E-state index in [1.807, 2.05) is 18.3 Å². The second-order valence-corrected chi connectivity index (χ2v) is 5.28. The van der Waals surface area contributed by atoms with Crippen molar-refractivity contribution in [2.75, 3.05) is 0 Å². The molecule has 0 aliphatic heterocycles. The van der Waals surface area contributed by atoms with Crippen LogP contribution in [0.25, 0.3) is 5.69 Å². The normalized spacial score (nSPS) is 10.4. The number of halogens is 2. The molecule has 0 atom stereocenters. The summed E-state index contributed by atoms with van der Waals surface area (Å²) in [6.45, 7) is 0.